The molecule has 3 N–H and O–H groups in total. The molecule has 2 aromatic carbocycles. The van der Waals surface area contributed by atoms with Crippen LogP contribution in [0.4, 0.5) is 5.69 Å². The third-order valence-corrected chi connectivity index (χ3v) is 4.38. The van der Waals surface area contributed by atoms with Crippen molar-refractivity contribution < 1.29 is 14.4 Å². The number of rotatable bonds is 7. The Labute approximate surface area is 167 Å². The van der Waals surface area contributed by atoms with Crippen LogP contribution in [0.25, 0.3) is 0 Å². The van der Waals surface area contributed by atoms with Gasteiger partial charge in [-0.2, -0.15) is 0 Å². The number of benzene rings is 2. The van der Waals surface area contributed by atoms with Crippen molar-refractivity contribution in [2.75, 3.05) is 18.4 Å². The van der Waals surface area contributed by atoms with Crippen LogP contribution in [-0.4, -0.2) is 30.8 Å². The molecule has 0 unspecified atom stereocenters. The largest absolute Gasteiger partial charge is 0.354 e. The van der Waals surface area contributed by atoms with Gasteiger partial charge in [0.2, 0.25) is 5.91 Å². The van der Waals surface area contributed by atoms with E-state index in [0.29, 0.717) is 46.4 Å². The quantitative estimate of drug-likeness (QED) is 0.613. The molecule has 3 amide bonds. The van der Waals surface area contributed by atoms with Gasteiger partial charge in [-0.3, -0.25) is 14.4 Å². The zero-order chi connectivity index (χ0) is 19.8. The van der Waals surface area contributed by atoms with Crippen LogP contribution in [0.2, 0.25) is 10.0 Å². The summed E-state index contributed by atoms with van der Waals surface area (Å²) in [7, 11) is 0. The molecule has 0 bridgehead atoms. The second-order valence-corrected chi connectivity index (χ2v) is 6.43. The Morgan fingerprint density at radius 1 is 0.815 bits per heavy atom. The fraction of sp³-hybridized carbons (Fsp3) is 0.211. The lowest BCUT2D eigenvalue weighted by Crippen LogP contribution is -2.34. The summed E-state index contributed by atoms with van der Waals surface area (Å²) in [6, 6.07) is 11.1. The molecule has 0 aliphatic heterocycles. The molecule has 6 nitrogen and oxygen atoms in total. The maximum absolute atomic E-state index is 12.2. The third kappa shape index (κ3) is 6.27. The van der Waals surface area contributed by atoms with E-state index in [1.807, 2.05) is 0 Å². The average Bonchev–Trinajstić information content (AvgIpc) is 2.67. The molecule has 0 saturated carbocycles. The summed E-state index contributed by atoms with van der Waals surface area (Å²) in [6.07, 6.45) is 0.406. The summed E-state index contributed by atoms with van der Waals surface area (Å²) in [6.45, 7) is 2.46. The molecule has 0 aliphatic rings. The normalized spacial score (nSPS) is 10.2. The first-order valence-corrected chi connectivity index (χ1v) is 9.07. The zero-order valence-electron chi connectivity index (χ0n) is 14.6. The van der Waals surface area contributed by atoms with Crippen molar-refractivity contribution in [3.05, 3.63) is 63.6 Å². The molecule has 0 fully saturated rings. The molecule has 0 saturated heterocycles. The Balaban J connectivity index is 1.88. The van der Waals surface area contributed by atoms with Crippen LogP contribution in [0.3, 0.4) is 0 Å². The van der Waals surface area contributed by atoms with Crippen molar-refractivity contribution in [1.82, 2.24) is 10.6 Å². The van der Waals surface area contributed by atoms with Gasteiger partial charge in [-0.05, 0) is 42.5 Å². The van der Waals surface area contributed by atoms with Crippen molar-refractivity contribution >= 4 is 46.6 Å². The number of anilines is 1. The monoisotopic (exact) mass is 407 g/mol. The second kappa shape index (κ2) is 9.94. The molecule has 2 rings (SSSR count). The standard InChI is InChI=1S/C19H19Cl2N3O3/c1-2-17(25)22-9-10-23-18(26)12-3-6-14(7-4-12)24-19(27)13-5-8-15(20)16(21)11-13/h3-8,11H,2,9-10H2,1H3,(H,22,25)(H,23,26)(H,24,27). The Bertz CT molecular complexity index is 839. The smallest absolute Gasteiger partial charge is 0.255 e. The van der Waals surface area contributed by atoms with Crippen molar-refractivity contribution in [1.29, 1.82) is 0 Å². The van der Waals surface area contributed by atoms with E-state index in [1.54, 1.807) is 43.3 Å². The molecule has 8 heteroatoms. The van der Waals surface area contributed by atoms with Crippen LogP contribution in [-0.2, 0) is 4.79 Å². The number of carbonyl (C=O) groups excluding carboxylic acids is 3. The summed E-state index contributed by atoms with van der Waals surface area (Å²) >= 11 is 11.8. The van der Waals surface area contributed by atoms with E-state index < -0.39 is 0 Å². The van der Waals surface area contributed by atoms with Crippen LogP contribution in [0.15, 0.2) is 42.5 Å². The number of halogens is 2. The minimum absolute atomic E-state index is 0.0636. The van der Waals surface area contributed by atoms with E-state index in [2.05, 4.69) is 16.0 Å². The van der Waals surface area contributed by atoms with Gasteiger partial charge in [0.25, 0.3) is 11.8 Å². The summed E-state index contributed by atoms with van der Waals surface area (Å²) in [4.78, 5) is 35.4. The lowest BCUT2D eigenvalue weighted by atomic mass is 10.1. The van der Waals surface area contributed by atoms with Crippen molar-refractivity contribution in [2.24, 2.45) is 0 Å². The topological polar surface area (TPSA) is 87.3 Å². The van der Waals surface area contributed by atoms with Crippen molar-refractivity contribution in [3.63, 3.8) is 0 Å². The van der Waals surface area contributed by atoms with Crippen LogP contribution >= 0.6 is 23.2 Å². The first kappa shape index (κ1) is 20.7. The van der Waals surface area contributed by atoms with Gasteiger partial charge in [0, 0.05) is 36.3 Å². The maximum atomic E-state index is 12.2. The van der Waals surface area contributed by atoms with Gasteiger partial charge in [-0.15, -0.1) is 0 Å². The highest BCUT2D eigenvalue weighted by Crippen LogP contribution is 2.23. The number of hydrogen-bond donors (Lipinski definition) is 3. The van der Waals surface area contributed by atoms with E-state index in [1.165, 1.54) is 6.07 Å². The number of hydrogen-bond acceptors (Lipinski definition) is 3. The lowest BCUT2D eigenvalue weighted by Gasteiger charge is -2.08. The third-order valence-electron chi connectivity index (χ3n) is 3.64. The maximum Gasteiger partial charge on any atom is 0.255 e. The lowest BCUT2D eigenvalue weighted by molar-refractivity contribution is -0.120. The Hall–Kier alpha value is -2.57. The van der Waals surface area contributed by atoms with Gasteiger partial charge in [-0.25, -0.2) is 0 Å². The van der Waals surface area contributed by atoms with E-state index >= 15 is 0 Å². The molecular weight excluding hydrogens is 389 g/mol. The molecular formula is C19H19Cl2N3O3. The molecule has 2 aromatic rings. The summed E-state index contributed by atoms with van der Waals surface area (Å²) in [5.41, 5.74) is 1.36. The first-order chi connectivity index (χ1) is 12.9. The Morgan fingerprint density at radius 3 is 2.07 bits per heavy atom. The fourth-order valence-corrected chi connectivity index (χ4v) is 2.45. The predicted molar refractivity (Wildman–Crippen MR) is 106 cm³/mol. The fourth-order valence-electron chi connectivity index (χ4n) is 2.15. The van der Waals surface area contributed by atoms with Crippen LogP contribution in [0, 0.1) is 0 Å². The van der Waals surface area contributed by atoms with Crippen LogP contribution in [0.1, 0.15) is 34.1 Å². The van der Waals surface area contributed by atoms with Crippen LogP contribution in [0.5, 0.6) is 0 Å². The molecule has 0 radical (unpaired) electrons. The summed E-state index contributed by atoms with van der Waals surface area (Å²) < 4.78 is 0. The molecule has 27 heavy (non-hydrogen) atoms. The molecule has 0 aliphatic carbocycles. The SMILES string of the molecule is CCC(=O)NCCNC(=O)c1ccc(NC(=O)c2ccc(Cl)c(Cl)c2)cc1. The van der Waals surface area contributed by atoms with Gasteiger partial charge in [-0.1, -0.05) is 30.1 Å². The molecule has 142 valence electrons. The first-order valence-electron chi connectivity index (χ1n) is 8.32. The van der Waals surface area contributed by atoms with Gasteiger partial charge >= 0.3 is 0 Å². The van der Waals surface area contributed by atoms with Gasteiger partial charge in [0.05, 0.1) is 10.0 Å². The summed E-state index contributed by atoms with van der Waals surface area (Å²) in [5, 5.41) is 8.77. The van der Waals surface area contributed by atoms with E-state index in [0.717, 1.165) is 0 Å². The average molecular weight is 408 g/mol. The minimum Gasteiger partial charge on any atom is -0.354 e. The molecule has 0 spiro atoms. The number of amides is 3. The predicted octanol–water partition coefficient (Wildman–Crippen LogP) is 3.50. The van der Waals surface area contributed by atoms with E-state index in [9.17, 15) is 14.4 Å². The highest BCUT2D eigenvalue weighted by atomic mass is 35.5. The Kier molecular flexibility index (Phi) is 7.64. The van der Waals surface area contributed by atoms with Crippen molar-refractivity contribution in [3.8, 4) is 0 Å². The van der Waals surface area contributed by atoms with Gasteiger partial charge in [0.1, 0.15) is 0 Å². The number of nitrogens with one attached hydrogen (secondary N) is 3. The highest BCUT2D eigenvalue weighted by molar-refractivity contribution is 6.42. The van der Waals surface area contributed by atoms with Crippen LogP contribution < -0.4 is 16.0 Å². The Morgan fingerprint density at radius 2 is 1.44 bits per heavy atom. The van der Waals surface area contributed by atoms with Crippen molar-refractivity contribution in [2.45, 2.75) is 13.3 Å². The molecule has 0 atom stereocenters. The van der Waals surface area contributed by atoms with Gasteiger partial charge < -0.3 is 16.0 Å². The van der Waals surface area contributed by atoms with E-state index in [-0.39, 0.29) is 17.7 Å². The zero-order valence-corrected chi connectivity index (χ0v) is 16.2. The van der Waals surface area contributed by atoms with Gasteiger partial charge in [0.15, 0.2) is 0 Å². The summed E-state index contributed by atoms with van der Waals surface area (Å²) in [5.74, 6) is -0.660. The highest BCUT2D eigenvalue weighted by Gasteiger charge is 2.10. The minimum atomic E-state index is -0.336. The molecule has 0 heterocycles. The number of carbonyl (C=O) groups is 3. The van der Waals surface area contributed by atoms with E-state index in [4.69, 9.17) is 23.2 Å². The second-order valence-electron chi connectivity index (χ2n) is 5.62. The molecule has 0 aromatic heterocycles.